The zero-order chi connectivity index (χ0) is 11.5. The van der Waals surface area contributed by atoms with Gasteiger partial charge in [-0.3, -0.25) is 4.79 Å². The molecule has 1 aliphatic heterocycles. The molecule has 1 saturated heterocycles. The van der Waals surface area contributed by atoms with E-state index in [1.54, 1.807) is 0 Å². The van der Waals surface area contributed by atoms with E-state index in [0.29, 0.717) is 6.42 Å². The van der Waals surface area contributed by atoms with Crippen LogP contribution >= 0.6 is 15.9 Å². The number of carbonyl (C=O) groups is 1. The maximum Gasteiger partial charge on any atom is 0.306 e. The fourth-order valence-electron chi connectivity index (χ4n) is 1.23. The molecule has 1 heterocycles. The van der Waals surface area contributed by atoms with E-state index in [2.05, 4.69) is 41.3 Å². The van der Waals surface area contributed by atoms with Crippen molar-refractivity contribution in [3.8, 4) is 0 Å². The Bertz CT molecular complexity index is 311. The molecule has 2 nitrogen and oxygen atoms in total. The van der Waals surface area contributed by atoms with Crippen molar-refractivity contribution in [3.63, 3.8) is 0 Å². The summed E-state index contributed by atoms with van der Waals surface area (Å²) in [5.74, 6) is -0.0894. The lowest BCUT2D eigenvalue weighted by Crippen LogP contribution is -2.22. The van der Waals surface area contributed by atoms with Gasteiger partial charge in [0, 0.05) is 10.5 Å². The number of carbonyl (C=O) groups excluding carboxylic acids is 1. The molecule has 1 atom stereocenters. The lowest BCUT2D eigenvalue weighted by molar-refractivity contribution is -0.150. The average Bonchev–Trinajstić information content (AvgIpc) is 2.12. The van der Waals surface area contributed by atoms with E-state index < -0.39 is 8.07 Å². The van der Waals surface area contributed by atoms with Gasteiger partial charge in [-0.05, 0) is 18.9 Å². The Kier molecular flexibility index (Phi) is 4.38. The first kappa shape index (κ1) is 12.8. The van der Waals surface area contributed by atoms with Crippen molar-refractivity contribution in [1.29, 1.82) is 0 Å². The second-order valence-corrected chi connectivity index (χ2v) is 11.3. The first-order valence-corrected chi connectivity index (χ1v) is 9.51. The molecule has 0 aromatic rings. The molecule has 4 heteroatoms. The second kappa shape index (κ2) is 5.15. The standard InChI is InChI=1S/C11H17BrO2Si/c1-15(2,3)10(12)8-7-9-5-4-6-11(13)14-9/h7,9H,4-6H2,1-3H3/t8?,9-/m0/s1. The van der Waals surface area contributed by atoms with Gasteiger partial charge in [-0.15, -0.1) is 5.73 Å². The monoisotopic (exact) mass is 288 g/mol. The van der Waals surface area contributed by atoms with Crippen molar-refractivity contribution in [2.45, 2.75) is 45.0 Å². The molecule has 0 spiro atoms. The first-order chi connectivity index (χ1) is 6.89. The molecule has 0 N–H and O–H groups in total. The Morgan fingerprint density at radius 3 is 2.80 bits per heavy atom. The number of ether oxygens (including phenoxy) is 1. The summed E-state index contributed by atoms with van der Waals surface area (Å²) < 4.78 is 6.31. The molecule has 0 aromatic heterocycles. The number of esters is 1. The van der Waals surface area contributed by atoms with E-state index in [-0.39, 0.29) is 12.1 Å². The van der Waals surface area contributed by atoms with Gasteiger partial charge in [0.25, 0.3) is 0 Å². The molecule has 1 rings (SSSR count). The third-order valence-electron chi connectivity index (χ3n) is 2.21. The lowest BCUT2D eigenvalue weighted by Gasteiger charge is -2.18. The van der Waals surface area contributed by atoms with Gasteiger partial charge in [0.2, 0.25) is 0 Å². The highest BCUT2D eigenvalue weighted by atomic mass is 79.9. The lowest BCUT2D eigenvalue weighted by atomic mass is 10.1. The number of hydrogen-bond donors (Lipinski definition) is 0. The summed E-state index contributed by atoms with van der Waals surface area (Å²) in [7, 11) is -1.31. The summed E-state index contributed by atoms with van der Waals surface area (Å²) in [4.78, 5) is 11.0. The fraction of sp³-hybridized carbons (Fsp3) is 0.636. The molecule has 15 heavy (non-hydrogen) atoms. The van der Waals surface area contributed by atoms with Crippen molar-refractivity contribution in [3.05, 3.63) is 15.9 Å². The van der Waals surface area contributed by atoms with Crippen molar-refractivity contribution in [2.75, 3.05) is 0 Å². The third-order valence-corrected chi connectivity index (χ3v) is 7.47. The van der Waals surface area contributed by atoms with Crippen molar-refractivity contribution < 1.29 is 9.53 Å². The number of cyclic esters (lactones) is 1. The minimum atomic E-state index is -1.31. The van der Waals surface area contributed by atoms with Gasteiger partial charge in [0.1, 0.15) is 6.10 Å². The van der Waals surface area contributed by atoms with Gasteiger partial charge >= 0.3 is 5.97 Å². The number of halogens is 1. The quantitative estimate of drug-likeness (QED) is 0.442. The summed E-state index contributed by atoms with van der Waals surface area (Å²) in [6.07, 6.45) is 4.20. The van der Waals surface area contributed by atoms with Crippen LogP contribution in [0.4, 0.5) is 0 Å². The largest absolute Gasteiger partial charge is 0.457 e. The van der Waals surface area contributed by atoms with E-state index in [0.717, 1.165) is 16.9 Å². The summed E-state index contributed by atoms with van der Waals surface area (Å²) in [6, 6.07) is 0. The van der Waals surface area contributed by atoms with Crippen LogP contribution in [0.15, 0.2) is 15.9 Å². The molecule has 1 aliphatic rings. The Hall–Kier alpha value is -0.313. The normalized spacial score (nSPS) is 21.6. The van der Waals surface area contributed by atoms with Gasteiger partial charge in [-0.1, -0.05) is 35.6 Å². The van der Waals surface area contributed by atoms with Crippen LogP contribution in [0, 0.1) is 0 Å². The number of hydrogen-bond acceptors (Lipinski definition) is 2. The summed E-state index contributed by atoms with van der Waals surface area (Å²) in [5, 5.41) is 0. The predicted molar refractivity (Wildman–Crippen MR) is 67.6 cm³/mol. The highest BCUT2D eigenvalue weighted by Gasteiger charge is 2.19. The SMILES string of the molecule is C[Si](C)(C)C(Br)=C=C[C@@H]1CCCC(=O)O1. The molecule has 0 aromatic carbocycles. The molecular formula is C11H17BrO2Si. The molecule has 84 valence electrons. The van der Waals surface area contributed by atoms with Crippen LogP contribution in [-0.2, 0) is 9.53 Å². The van der Waals surface area contributed by atoms with Gasteiger partial charge in [-0.25, -0.2) is 0 Å². The molecule has 0 unspecified atom stereocenters. The Morgan fingerprint density at radius 1 is 1.60 bits per heavy atom. The topological polar surface area (TPSA) is 26.3 Å². The maximum atomic E-state index is 11.0. The predicted octanol–water partition coefficient (Wildman–Crippen LogP) is 3.39. The number of rotatable bonds is 2. The summed E-state index contributed by atoms with van der Waals surface area (Å²) in [5.41, 5.74) is 3.21. The van der Waals surface area contributed by atoms with E-state index in [4.69, 9.17) is 4.74 Å². The molecule has 0 radical (unpaired) electrons. The third kappa shape index (κ3) is 4.37. The van der Waals surface area contributed by atoms with Gasteiger partial charge < -0.3 is 4.74 Å². The molecule has 0 bridgehead atoms. The molecule has 1 fully saturated rings. The molecular weight excluding hydrogens is 272 g/mol. The van der Waals surface area contributed by atoms with Crippen LogP contribution in [0.2, 0.25) is 19.6 Å². The zero-order valence-corrected chi connectivity index (χ0v) is 12.1. The van der Waals surface area contributed by atoms with Crippen LogP contribution in [-0.4, -0.2) is 20.1 Å². The second-order valence-electron chi connectivity index (χ2n) is 4.80. The van der Waals surface area contributed by atoms with E-state index in [1.807, 2.05) is 6.08 Å². The minimum Gasteiger partial charge on any atom is -0.457 e. The fourth-order valence-corrected chi connectivity index (χ4v) is 1.88. The van der Waals surface area contributed by atoms with Crippen molar-refractivity contribution in [1.82, 2.24) is 0 Å². The van der Waals surface area contributed by atoms with Crippen LogP contribution in [0.3, 0.4) is 0 Å². The van der Waals surface area contributed by atoms with Crippen LogP contribution in [0.5, 0.6) is 0 Å². The molecule has 0 saturated carbocycles. The van der Waals surface area contributed by atoms with Gasteiger partial charge in [0.15, 0.2) is 0 Å². The van der Waals surface area contributed by atoms with Crippen molar-refractivity contribution in [2.24, 2.45) is 0 Å². The molecule has 0 amide bonds. The average molecular weight is 289 g/mol. The highest BCUT2D eigenvalue weighted by molar-refractivity contribution is 9.12. The molecule has 0 aliphatic carbocycles. The van der Waals surface area contributed by atoms with Crippen LogP contribution < -0.4 is 0 Å². The maximum absolute atomic E-state index is 11.0. The Labute approximate surface area is 101 Å². The zero-order valence-electron chi connectivity index (χ0n) is 9.47. The highest BCUT2D eigenvalue weighted by Crippen LogP contribution is 2.20. The Morgan fingerprint density at radius 2 is 2.27 bits per heavy atom. The first-order valence-electron chi connectivity index (χ1n) is 5.22. The van der Waals surface area contributed by atoms with E-state index in [1.165, 1.54) is 0 Å². The summed E-state index contributed by atoms with van der Waals surface area (Å²) in [6.45, 7) is 6.72. The Balaban J connectivity index is 2.67. The van der Waals surface area contributed by atoms with Crippen LogP contribution in [0.25, 0.3) is 0 Å². The van der Waals surface area contributed by atoms with E-state index in [9.17, 15) is 4.79 Å². The van der Waals surface area contributed by atoms with Crippen LogP contribution in [0.1, 0.15) is 19.3 Å². The minimum absolute atomic E-state index is 0.0739. The van der Waals surface area contributed by atoms with E-state index >= 15 is 0 Å². The summed E-state index contributed by atoms with van der Waals surface area (Å²) >= 11 is 3.54. The van der Waals surface area contributed by atoms with Gasteiger partial charge in [0.05, 0.1) is 8.07 Å². The smallest absolute Gasteiger partial charge is 0.306 e. The van der Waals surface area contributed by atoms with Gasteiger partial charge in [-0.2, -0.15) is 0 Å². The van der Waals surface area contributed by atoms with Crippen molar-refractivity contribution >= 4 is 30.0 Å².